The number of benzene rings is 1. The fraction of sp³-hybridized carbons (Fsp3) is 0.385. The van der Waals surface area contributed by atoms with Crippen LogP contribution in [0.2, 0.25) is 0 Å². The Morgan fingerprint density at radius 2 is 2.13 bits per heavy atom. The van der Waals surface area contributed by atoms with Gasteiger partial charge in [-0.1, -0.05) is 0 Å². The number of nitrogens with zero attached hydrogens (tertiary/aromatic N) is 4. The number of hydrogen-bond donors (Lipinski definition) is 0. The van der Waals surface area contributed by atoms with Crippen LogP contribution in [0.3, 0.4) is 0 Å². The summed E-state index contributed by atoms with van der Waals surface area (Å²) in [5, 5.41) is 7.72. The van der Waals surface area contributed by atoms with Gasteiger partial charge in [0.05, 0.1) is 12.6 Å². The van der Waals surface area contributed by atoms with Gasteiger partial charge in [-0.15, -0.1) is 0 Å². The Kier molecular flexibility index (Phi) is 3.32. The lowest BCUT2D eigenvalue weighted by atomic mass is 10.0. The highest BCUT2D eigenvalue weighted by molar-refractivity contribution is 7.71. The Labute approximate surface area is 133 Å². The molecule has 0 aliphatic carbocycles. The number of hydrogen-bond acceptors (Lipinski definition) is 6. The van der Waals surface area contributed by atoms with Gasteiger partial charge >= 0.3 is 0 Å². The van der Waals surface area contributed by atoms with Crippen molar-refractivity contribution in [2.45, 2.75) is 24.9 Å². The van der Waals surface area contributed by atoms with E-state index in [2.05, 4.69) is 10.4 Å². The molecular formula is C13H10F2N4O3S. The lowest BCUT2D eigenvalue weighted by Gasteiger charge is -2.25. The molecule has 23 heavy (non-hydrogen) atoms. The number of fused-ring (bicyclic) bond motifs is 2. The number of ether oxygens (including phenoxy) is 2. The van der Waals surface area contributed by atoms with Crippen LogP contribution in [0.5, 0.6) is 0 Å². The largest absolute Gasteiger partial charge is 0.343 e. The number of carbonyl (C=O) groups excluding carboxylic acids is 1. The van der Waals surface area contributed by atoms with Gasteiger partial charge in [0.2, 0.25) is 11.1 Å². The highest BCUT2D eigenvalue weighted by Gasteiger charge is 2.45. The van der Waals surface area contributed by atoms with Crippen LogP contribution in [-0.2, 0) is 14.3 Å². The van der Waals surface area contributed by atoms with E-state index in [1.54, 1.807) is 0 Å². The Morgan fingerprint density at radius 1 is 1.30 bits per heavy atom. The Bertz CT molecular complexity index is 852. The van der Waals surface area contributed by atoms with Gasteiger partial charge in [0.1, 0.15) is 17.6 Å². The molecule has 7 nitrogen and oxygen atoms in total. The average molecular weight is 340 g/mol. The maximum Gasteiger partial charge on any atom is 0.221 e. The number of halogens is 2. The summed E-state index contributed by atoms with van der Waals surface area (Å²) in [6.07, 6.45) is -1.04. The molecule has 1 aromatic heterocycles. The van der Waals surface area contributed by atoms with E-state index in [0.717, 1.165) is 16.8 Å². The van der Waals surface area contributed by atoms with Crippen molar-refractivity contribution < 1.29 is 23.0 Å². The lowest BCUT2D eigenvalue weighted by Crippen LogP contribution is -2.37. The molecule has 2 bridgehead atoms. The van der Waals surface area contributed by atoms with E-state index in [4.69, 9.17) is 21.7 Å². The number of rotatable bonds is 2. The quantitative estimate of drug-likeness (QED) is 0.768. The lowest BCUT2D eigenvalue weighted by molar-refractivity contribution is -0.156. The first-order valence-electron chi connectivity index (χ1n) is 6.84. The van der Waals surface area contributed by atoms with Gasteiger partial charge in [-0.2, -0.15) is 4.68 Å². The molecule has 2 fully saturated rings. The number of tetrazole rings is 1. The summed E-state index contributed by atoms with van der Waals surface area (Å²) in [5.41, 5.74) is -0.0220. The second-order valence-electron chi connectivity index (χ2n) is 5.29. The van der Waals surface area contributed by atoms with Gasteiger partial charge < -0.3 is 9.47 Å². The molecule has 0 N–H and O–H groups in total. The van der Waals surface area contributed by atoms with Crippen molar-refractivity contribution in [2.75, 3.05) is 6.61 Å². The van der Waals surface area contributed by atoms with Gasteiger partial charge in [0.15, 0.2) is 11.6 Å². The van der Waals surface area contributed by atoms with Crippen LogP contribution in [0.25, 0.3) is 5.69 Å². The fourth-order valence-electron chi connectivity index (χ4n) is 2.74. The van der Waals surface area contributed by atoms with E-state index in [0.29, 0.717) is 0 Å². The van der Waals surface area contributed by atoms with Gasteiger partial charge in [-0.25, -0.2) is 13.5 Å². The maximum absolute atomic E-state index is 13.9. The topological polar surface area (TPSA) is 71.2 Å². The zero-order chi connectivity index (χ0) is 16.1. The first kappa shape index (κ1) is 14.5. The summed E-state index contributed by atoms with van der Waals surface area (Å²) < 4.78 is 40.1. The molecule has 3 heterocycles. The van der Waals surface area contributed by atoms with Crippen molar-refractivity contribution in [1.82, 2.24) is 19.8 Å². The molecule has 0 radical (unpaired) electrons. The van der Waals surface area contributed by atoms with E-state index in [1.807, 2.05) is 0 Å². The van der Waals surface area contributed by atoms with E-state index < -0.39 is 24.0 Å². The smallest absolute Gasteiger partial charge is 0.221 e. The normalized spacial score (nSPS) is 26.7. The molecular weight excluding hydrogens is 330 g/mol. The van der Waals surface area contributed by atoms with Crippen molar-refractivity contribution in [3.05, 3.63) is 34.6 Å². The minimum Gasteiger partial charge on any atom is -0.343 e. The van der Waals surface area contributed by atoms with Crippen molar-refractivity contribution in [1.29, 1.82) is 0 Å². The molecule has 0 unspecified atom stereocenters. The summed E-state index contributed by atoms with van der Waals surface area (Å²) >= 11 is 5.27. The second kappa shape index (κ2) is 5.25. The second-order valence-corrected chi connectivity index (χ2v) is 5.66. The number of Topliss-reactive ketones (excluding diaryl/α,β-unsaturated/α-hetero) is 1. The van der Waals surface area contributed by atoms with Crippen LogP contribution in [0.1, 0.15) is 12.5 Å². The summed E-state index contributed by atoms with van der Waals surface area (Å²) in [5.74, 6) is -1.72. The third-order valence-corrected chi connectivity index (χ3v) is 4.23. The standard InChI is InChI=1S/C13H10F2N4O3S/c14-6-1-2-8(7(15)3-6)18-13(23)19(17-16-18)9-4-10(20)12-21-5-11(9)22-12/h1-3,9,11-12H,4-5H2/t9-,11-,12-/m0/s1. The van der Waals surface area contributed by atoms with Crippen LogP contribution in [0, 0.1) is 16.4 Å². The van der Waals surface area contributed by atoms with Crippen LogP contribution in [-0.4, -0.2) is 44.6 Å². The summed E-state index contributed by atoms with van der Waals surface area (Å²) in [4.78, 5) is 11.9. The molecule has 3 atom stereocenters. The zero-order valence-corrected chi connectivity index (χ0v) is 12.4. The average Bonchev–Trinajstić information content (AvgIpc) is 3.09. The van der Waals surface area contributed by atoms with E-state index in [9.17, 15) is 13.6 Å². The van der Waals surface area contributed by atoms with Gasteiger partial charge in [-0.05, 0) is 34.8 Å². The molecule has 10 heteroatoms. The van der Waals surface area contributed by atoms with Crippen LogP contribution in [0.15, 0.2) is 18.2 Å². The number of ketones is 1. The third-order valence-electron chi connectivity index (χ3n) is 3.87. The predicted octanol–water partition coefficient (Wildman–Crippen LogP) is 1.33. The summed E-state index contributed by atoms with van der Waals surface area (Å²) in [7, 11) is 0. The van der Waals surface area contributed by atoms with Gasteiger partial charge in [0.25, 0.3) is 0 Å². The molecule has 2 aliphatic heterocycles. The van der Waals surface area contributed by atoms with Gasteiger partial charge in [-0.3, -0.25) is 4.79 Å². The van der Waals surface area contributed by atoms with Crippen LogP contribution >= 0.6 is 12.2 Å². The Hall–Kier alpha value is -2.04. The molecule has 120 valence electrons. The first-order chi connectivity index (χ1) is 11.0. The fourth-order valence-corrected chi connectivity index (χ4v) is 3.04. The number of aromatic nitrogens is 4. The van der Waals surface area contributed by atoms with E-state index in [-0.39, 0.29) is 35.4 Å². The zero-order valence-electron chi connectivity index (χ0n) is 11.6. The molecule has 4 rings (SSSR count). The van der Waals surface area contributed by atoms with Crippen molar-refractivity contribution in [2.24, 2.45) is 0 Å². The van der Waals surface area contributed by atoms with E-state index >= 15 is 0 Å². The van der Waals surface area contributed by atoms with Crippen LogP contribution < -0.4 is 0 Å². The SMILES string of the molecule is O=C1C[C@H](n2nnn(-c3ccc(F)cc3F)c2=S)[C@@H]2CO[C@H]1O2. The highest BCUT2D eigenvalue weighted by atomic mass is 32.1. The van der Waals surface area contributed by atoms with Crippen LogP contribution in [0.4, 0.5) is 8.78 Å². The van der Waals surface area contributed by atoms with Gasteiger partial charge in [0, 0.05) is 12.5 Å². The summed E-state index contributed by atoms with van der Waals surface area (Å²) in [6, 6.07) is 2.59. The molecule has 1 aromatic carbocycles. The molecule has 2 aromatic rings. The predicted molar refractivity (Wildman–Crippen MR) is 73.4 cm³/mol. The number of carbonyl (C=O) groups is 1. The molecule has 0 spiro atoms. The Morgan fingerprint density at radius 3 is 2.91 bits per heavy atom. The van der Waals surface area contributed by atoms with E-state index in [1.165, 1.54) is 10.7 Å². The van der Waals surface area contributed by atoms with Crippen molar-refractivity contribution in [3.63, 3.8) is 0 Å². The molecule has 2 saturated heterocycles. The molecule has 0 amide bonds. The minimum absolute atomic E-state index is 0.0220. The first-order valence-corrected chi connectivity index (χ1v) is 7.25. The summed E-state index contributed by atoms with van der Waals surface area (Å²) in [6.45, 7) is 0.251. The third kappa shape index (κ3) is 2.30. The highest BCUT2D eigenvalue weighted by Crippen LogP contribution is 2.32. The molecule has 2 aliphatic rings. The maximum atomic E-state index is 13.9. The van der Waals surface area contributed by atoms with Crippen molar-refractivity contribution >= 4 is 18.0 Å². The Balaban J connectivity index is 1.74. The monoisotopic (exact) mass is 340 g/mol. The van der Waals surface area contributed by atoms with Crippen molar-refractivity contribution in [3.8, 4) is 5.69 Å². The minimum atomic E-state index is -0.824. The molecule has 0 saturated carbocycles.